The molecule has 23 heavy (non-hydrogen) atoms. The molecule has 2 rings (SSSR count). The Hall–Kier alpha value is -2.23. The lowest BCUT2D eigenvalue weighted by Crippen LogP contribution is -2.21. The van der Waals surface area contributed by atoms with Gasteiger partial charge in [0, 0.05) is 36.7 Å². The van der Waals surface area contributed by atoms with Crippen molar-refractivity contribution in [3.63, 3.8) is 0 Å². The maximum Gasteiger partial charge on any atom is 0.250 e. The van der Waals surface area contributed by atoms with E-state index in [4.69, 9.17) is 5.73 Å². The van der Waals surface area contributed by atoms with E-state index in [1.807, 2.05) is 13.0 Å². The molecule has 1 amide bonds. The summed E-state index contributed by atoms with van der Waals surface area (Å²) in [6.07, 6.45) is 1.01. The zero-order valence-corrected chi connectivity index (χ0v) is 14.6. The van der Waals surface area contributed by atoms with Crippen LogP contribution in [0.5, 0.6) is 0 Å². The first-order valence-electron chi connectivity index (χ1n) is 8.38. The van der Waals surface area contributed by atoms with Crippen LogP contribution in [-0.4, -0.2) is 23.6 Å². The SMILES string of the molecule is CCCn1c(-c2ccc(N(CC)CC)cc2)cc(C(N)=O)c1C. The Labute approximate surface area is 138 Å². The summed E-state index contributed by atoms with van der Waals surface area (Å²) < 4.78 is 2.19. The van der Waals surface area contributed by atoms with E-state index in [1.54, 1.807) is 0 Å². The van der Waals surface area contributed by atoms with Gasteiger partial charge in [0.25, 0.3) is 5.91 Å². The molecule has 2 N–H and O–H groups in total. The second-order valence-corrected chi connectivity index (χ2v) is 5.76. The van der Waals surface area contributed by atoms with Crippen LogP contribution in [0.1, 0.15) is 43.2 Å². The lowest BCUT2D eigenvalue weighted by Gasteiger charge is -2.21. The minimum Gasteiger partial charge on any atom is -0.372 e. The van der Waals surface area contributed by atoms with Gasteiger partial charge in [-0.25, -0.2) is 0 Å². The van der Waals surface area contributed by atoms with Crippen molar-refractivity contribution >= 4 is 11.6 Å². The van der Waals surface area contributed by atoms with E-state index >= 15 is 0 Å². The van der Waals surface area contributed by atoms with Gasteiger partial charge in [0.2, 0.25) is 0 Å². The normalized spacial score (nSPS) is 10.8. The number of benzene rings is 1. The summed E-state index contributed by atoms with van der Waals surface area (Å²) >= 11 is 0. The fourth-order valence-corrected chi connectivity index (χ4v) is 3.08. The predicted molar refractivity (Wildman–Crippen MR) is 97.0 cm³/mol. The Morgan fingerprint density at radius 2 is 1.74 bits per heavy atom. The maximum atomic E-state index is 11.6. The number of nitrogens with two attached hydrogens (primary N) is 1. The summed E-state index contributed by atoms with van der Waals surface area (Å²) in [5.41, 5.74) is 10.5. The smallest absolute Gasteiger partial charge is 0.250 e. The number of rotatable bonds is 7. The Morgan fingerprint density at radius 1 is 1.13 bits per heavy atom. The van der Waals surface area contributed by atoms with Gasteiger partial charge < -0.3 is 15.2 Å². The molecule has 2 aromatic rings. The molecule has 1 aromatic carbocycles. The maximum absolute atomic E-state index is 11.6. The van der Waals surface area contributed by atoms with Crippen LogP contribution in [0.15, 0.2) is 30.3 Å². The van der Waals surface area contributed by atoms with Gasteiger partial charge in [0.15, 0.2) is 0 Å². The number of carbonyl (C=O) groups is 1. The van der Waals surface area contributed by atoms with Gasteiger partial charge in [0.05, 0.1) is 5.56 Å². The standard InChI is InChI=1S/C19H27N3O/c1-5-12-22-14(4)17(19(20)23)13-18(22)15-8-10-16(11-9-15)21(6-2)7-3/h8-11,13H,5-7,12H2,1-4H3,(H2,20,23). The van der Waals surface area contributed by atoms with Gasteiger partial charge in [-0.2, -0.15) is 0 Å². The number of hydrogen-bond donors (Lipinski definition) is 1. The van der Waals surface area contributed by atoms with Crippen molar-refractivity contribution in [1.29, 1.82) is 0 Å². The molecule has 0 radical (unpaired) electrons. The molecule has 4 nitrogen and oxygen atoms in total. The molecule has 0 fully saturated rings. The molecular weight excluding hydrogens is 286 g/mol. The fraction of sp³-hybridized carbons (Fsp3) is 0.421. The molecule has 0 unspecified atom stereocenters. The van der Waals surface area contributed by atoms with Crippen molar-refractivity contribution in [2.45, 2.75) is 40.7 Å². The van der Waals surface area contributed by atoms with E-state index in [9.17, 15) is 4.79 Å². The molecule has 0 saturated heterocycles. The summed E-state index contributed by atoms with van der Waals surface area (Å²) in [4.78, 5) is 14.0. The summed E-state index contributed by atoms with van der Waals surface area (Å²) in [6, 6.07) is 10.5. The molecule has 0 aliphatic carbocycles. The zero-order valence-electron chi connectivity index (χ0n) is 14.6. The number of hydrogen-bond acceptors (Lipinski definition) is 2. The molecular formula is C19H27N3O. The van der Waals surface area contributed by atoms with Gasteiger partial charge in [-0.1, -0.05) is 19.1 Å². The molecule has 124 valence electrons. The average Bonchev–Trinajstić information content (AvgIpc) is 2.87. The number of carbonyl (C=O) groups excluding carboxylic acids is 1. The van der Waals surface area contributed by atoms with E-state index < -0.39 is 0 Å². The number of primary amides is 1. The minimum absolute atomic E-state index is 0.363. The highest BCUT2D eigenvalue weighted by Crippen LogP contribution is 2.28. The molecule has 0 spiro atoms. The van der Waals surface area contributed by atoms with Crippen LogP contribution < -0.4 is 10.6 Å². The first-order chi connectivity index (χ1) is 11.0. The summed E-state index contributed by atoms with van der Waals surface area (Å²) in [6.45, 7) is 11.3. The fourth-order valence-electron chi connectivity index (χ4n) is 3.08. The van der Waals surface area contributed by atoms with Crippen LogP contribution in [0.3, 0.4) is 0 Å². The van der Waals surface area contributed by atoms with E-state index in [2.05, 4.69) is 54.5 Å². The molecule has 1 aromatic heterocycles. The number of amides is 1. The topological polar surface area (TPSA) is 51.3 Å². The molecule has 4 heteroatoms. The predicted octanol–water partition coefficient (Wildman–Crippen LogP) is 3.82. The first-order valence-corrected chi connectivity index (χ1v) is 8.38. The van der Waals surface area contributed by atoms with E-state index in [-0.39, 0.29) is 5.91 Å². The van der Waals surface area contributed by atoms with E-state index in [0.29, 0.717) is 5.56 Å². The van der Waals surface area contributed by atoms with Gasteiger partial charge in [0.1, 0.15) is 0 Å². The van der Waals surface area contributed by atoms with E-state index in [0.717, 1.165) is 43.0 Å². The number of aromatic nitrogens is 1. The number of anilines is 1. The highest BCUT2D eigenvalue weighted by Gasteiger charge is 2.16. The molecule has 0 bridgehead atoms. The Bertz CT molecular complexity index is 667. The van der Waals surface area contributed by atoms with Crippen LogP contribution in [0.2, 0.25) is 0 Å². The molecule has 0 saturated carbocycles. The second kappa shape index (κ2) is 7.36. The van der Waals surface area contributed by atoms with E-state index in [1.165, 1.54) is 5.69 Å². The Morgan fingerprint density at radius 3 is 2.22 bits per heavy atom. The minimum atomic E-state index is -0.363. The van der Waals surface area contributed by atoms with Crippen molar-refractivity contribution in [3.8, 4) is 11.3 Å². The Balaban J connectivity index is 2.45. The third kappa shape index (κ3) is 3.41. The third-order valence-corrected chi connectivity index (χ3v) is 4.37. The van der Waals surface area contributed by atoms with Gasteiger partial charge in [-0.15, -0.1) is 0 Å². The quantitative estimate of drug-likeness (QED) is 0.845. The van der Waals surface area contributed by atoms with Crippen LogP contribution in [-0.2, 0) is 6.54 Å². The second-order valence-electron chi connectivity index (χ2n) is 5.76. The Kier molecular flexibility index (Phi) is 5.48. The van der Waals surface area contributed by atoms with Gasteiger partial charge >= 0.3 is 0 Å². The van der Waals surface area contributed by atoms with Gasteiger partial charge in [-0.3, -0.25) is 4.79 Å². The van der Waals surface area contributed by atoms with Crippen molar-refractivity contribution in [2.24, 2.45) is 5.73 Å². The molecule has 1 heterocycles. The third-order valence-electron chi connectivity index (χ3n) is 4.37. The van der Waals surface area contributed by atoms with Crippen molar-refractivity contribution < 1.29 is 4.79 Å². The highest BCUT2D eigenvalue weighted by molar-refractivity contribution is 5.95. The highest BCUT2D eigenvalue weighted by atomic mass is 16.1. The zero-order chi connectivity index (χ0) is 17.0. The van der Waals surface area contributed by atoms with Crippen LogP contribution >= 0.6 is 0 Å². The molecule has 0 aliphatic heterocycles. The van der Waals surface area contributed by atoms with Crippen molar-refractivity contribution in [1.82, 2.24) is 4.57 Å². The monoisotopic (exact) mass is 313 g/mol. The first kappa shape index (κ1) is 17.1. The van der Waals surface area contributed by atoms with Crippen molar-refractivity contribution in [3.05, 3.63) is 41.6 Å². The molecule has 0 aliphatic rings. The lowest BCUT2D eigenvalue weighted by molar-refractivity contribution is 0.0999. The van der Waals surface area contributed by atoms with Crippen LogP contribution in [0.4, 0.5) is 5.69 Å². The number of nitrogens with zero attached hydrogens (tertiary/aromatic N) is 2. The van der Waals surface area contributed by atoms with Crippen LogP contribution in [0, 0.1) is 6.92 Å². The summed E-state index contributed by atoms with van der Waals surface area (Å²) in [7, 11) is 0. The average molecular weight is 313 g/mol. The van der Waals surface area contributed by atoms with Crippen LogP contribution in [0.25, 0.3) is 11.3 Å². The van der Waals surface area contributed by atoms with Crippen molar-refractivity contribution in [2.75, 3.05) is 18.0 Å². The summed E-state index contributed by atoms with van der Waals surface area (Å²) in [5.74, 6) is -0.363. The van der Waals surface area contributed by atoms with Gasteiger partial charge in [-0.05, 0) is 51.0 Å². The lowest BCUT2D eigenvalue weighted by atomic mass is 10.1. The summed E-state index contributed by atoms with van der Waals surface area (Å²) in [5, 5.41) is 0. The molecule has 0 atom stereocenters. The largest absolute Gasteiger partial charge is 0.372 e.